The van der Waals surface area contributed by atoms with E-state index in [2.05, 4.69) is 6.92 Å². The van der Waals surface area contributed by atoms with Gasteiger partial charge in [-0.3, -0.25) is 4.79 Å². The number of hydrogen-bond acceptors (Lipinski definition) is 5. The fourth-order valence-corrected chi connectivity index (χ4v) is 4.90. The van der Waals surface area contributed by atoms with Gasteiger partial charge < -0.3 is 14.4 Å². The van der Waals surface area contributed by atoms with Crippen molar-refractivity contribution in [3.63, 3.8) is 0 Å². The maximum Gasteiger partial charge on any atom is 0.233 e. The Balaban J connectivity index is 1.84. The topological polar surface area (TPSA) is 56.6 Å². The summed E-state index contributed by atoms with van der Waals surface area (Å²) < 4.78 is 12.8. The summed E-state index contributed by atoms with van der Waals surface area (Å²) in [7, 11) is 3.25. The zero-order valence-corrected chi connectivity index (χ0v) is 18.2. The fraction of sp³-hybridized carbons (Fsp3) is 0.304. The first kappa shape index (κ1) is 20.3. The summed E-state index contributed by atoms with van der Waals surface area (Å²) in [6.07, 6.45) is 2.96. The highest BCUT2D eigenvalue weighted by Crippen LogP contribution is 2.43. The van der Waals surface area contributed by atoms with Crippen LogP contribution in [0.3, 0.4) is 0 Å². The Hall–Kier alpha value is -2.93. The molecule has 30 heavy (non-hydrogen) atoms. The summed E-state index contributed by atoms with van der Waals surface area (Å²) in [5, 5.41) is 4.86. The number of para-hydroxylation sites is 1. The average Bonchev–Trinajstić information content (AvgIpc) is 3.38. The Labute approximate surface area is 180 Å². The smallest absolute Gasteiger partial charge is 0.233 e. The first-order valence-corrected chi connectivity index (χ1v) is 11.0. The molecular formula is C23H25N3O3S. The second-order valence-electron chi connectivity index (χ2n) is 7.03. The van der Waals surface area contributed by atoms with E-state index in [0.29, 0.717) is 17.3 Å². The number of thioether (sulfide) groups is 1. The fourth-order valence-electron chi connectivity index (χ4n) is 3.68. The number of carbonyl (C=O) groups is 1. The van der Waals surface area contributed by atoms with E-state index >= 15 is 0 Å². The van der Waals surface area contributed by atoms with Gasteiger partial charge in [-0.15, -0.1) is 11.8 Å². The van der Waals surface area contributed by atoms with Gasteiger partial charge in [0, 0.05) is 23.9 Å². The van der Waals surface area contributed by atoms with Gasteiger partial charge in [0.25, 0.3) is 0 Å². The molecule has 4 rings (SSSR count). The zero-order valence-electron chi connectivity index (χ0n) is 17.4. The number of ether oxygens (including phenoxy) is 2. The maximum absolute atomic E-state index is 12.5. The van der Waals surface area contributed by atoms with Crippen molar-refractivity contribution in [2.75, 3.05) is 26.5 Å². The Bertz CT molecular complexity index is 1040. The Kier molecular flexibility index (Phi) is 5.99. The van der Waals surface area contributed by atoms with Crippen molar-refractivity contribution in [3.05, 3.63) is 60.3 Å². The molecule has 0 saturated carbocycles. The number of hydrogen-bond donors (Lipinski definition) is 0. The van der Waals surface area contributed by atoms with Crippen LogP contribution < -0.4 is 9.47 Å². The first-order valence-electron chi connectivity index (χ1n) is 9.94. The molecule has 1 aliphatic rings. The lowest BCUT2D eigenvalue weighted by molar-refractivity contribution is -0.128. The molecule has 6 nitrogen and oxygen atoms in total. The summed E-state index contributed by atoms with van der Waals surface area (Å²) in [4.78, 5) is 14.5. The van der Waals surface area contributed by atoms with E-state index in [-0.39, 0.29) is 11.3 Å². The molecule has 0 N–H and O–H groups in total. The summed E-state index contributed by atoms with van der Waals surface area (Å²) >= 11 is 1.65. The number of rotatable bonds is 7. The highest BCUT2D eigenvalue weighted by molar-refractivity contribution is 8.00. The van der Waals surface area contributed by atoms with E-state index in [4.69, 9.17) is 14.6 Å². The largest absolute Gasteiger partial charge is 0.493 e. The van der Waals surface area contributed by atoms with Crippen LogP contribution in [-0.4, -0.2) is 47.1 Å². The van der Waals surface area contributed by atoms with Gasteiger partial charge in [0.1, 0.15) is 5.37 Å². The van der Waals surface area contributed by atoms with Crippen LogP contribution in [0.2, 0.25) is 0 Å². The molecule has 3 aromatic rings. The predicted octanol–water partition coefficient (Wildman–Crippen LogP) is 4.54. The second kappa shape index (κ2) is 8.83. The molecule has 2 heterocycles. The lowest BCUT2D eigenvalue weighted by Gasteiger charge is -2.23. The molecule has 1 saturated heterocycles. The van der Waals surface area contributed by atoms with Gasteiger partial charge in [0.05, 0.1) is 31.4 Å². The molecule has 1 atom stereocenters. The van der Waals surface area contributed by atoms with Gasteiger partial charge in [-0.25, -0.2) is 4.68 Å². The van der Waals surface area contributed by atoms with Crippen LogP contribution in [0.5, 0.6) is 11.5 Å². The van der Waals surface area contributed by atoms with Crippen LogP contribution in [-0.2, 0) is 4.79 Å². The van der Waals surface area contributed by atoms with Crippen molar-refractivity contribution in [2.45, 2.75) is 18.7 Å². The minimum atomic E-state index is -0.0574. The molecule has 2 aromatic carbocycles. The van der Waals surface area contributed by atoms with E-state index in [9.17, 15) is 4.79 Å². The van der Waals surface area contributed by atoms with Crippen LogP contribution in [0.25, 0.3) is 16.9 Å². The highest BCUT2D eigenvalue weighted by Gasteiger charge is 2.35. The molecule has 0 aliphatic carbocycles. The zero-order chi connectivity index (χ0) is 21.1. The van der Waals surface area contributed by atoms with Gasteiger partial charge in [0.2, 0.25) is 5.91 Å². The SMILES string of the molecule is CCCN1C(=O)CSC1c1cn(-c2ccccc2)nc1-c1ccc(OC)c(OC)c1. The van der Waals surface area contributed by atoms with Gasteiger partial charge >= 0.3 is 0 Å². The number of aromatic nitrogens is 2. The Morgan fingerprint density at radius 1 is 1.10 bits per heavy atom. The molecule has 1 unspecified atom stereocenters. The lowest BCUT2D eigenvalue weighted by Crippen LogP contribution is -2.28. The normalized spacial score (nSPS) is 16.2. The third-order valence-electron chi connectivity index (χ3n) is 5.12. The quantitative estimate of drug-likeness (QED) is 0.558. The van der Waals surface area contributed by atoms with E-state index in [1.807, 2.05) is 64.3 Å². The predicted molar refractivity (Wildman–Crippen MR) is 119 cm³/mol. The molecule has 1 amide bonds. The minimum Gasteiger partial charge on any atom is -0.493 e. The van der Waals surface area contributed by atoms with Crippen LogP contribution >= 0.6 is 11.8 Å². The molecule has 1 fully saturated rings. The van der Waals surface area contributed by atoms with Crippen molar-refractivity contribution in [1.82, 2.24) is 14.7 Å². The molecular weight excluding hydrogens is 398 g/mol. The molecule has 7 heteroatoms. The van der Waals surface area contributed by atoms with Crippen molar-refractivity contribution in [2.24, 2.45) is 0 Å². The molecule has 1 aliphatic heterocycles. The standard InChI is InChI=1S/C23H25N3O3S/c1-4-12-25-21(27)15-30-23(25)18-14-26(17-8-6-5-7-9-17)24-22(18)16-10-11-19(28-2)20(13-16)29-3/h5-11,13-14,23H,4,12,15H2,1-3H3. The van der Waals surface area contributed by atoms with Crippen LogP contribution in [0, 0.1) is 0 Å². The van der Waals surface area contributed by atoms with Gasteiger partial charge in [0.15, 0.2) is 11.5 Å². The van der Waals surface area contributed by atoms with Crippen molar-refractivity contribution in [3.8, 4) is 28.4 Å². The average molecular weight is 424 g/mol. The summed E-state index contributed by atoms with van der Waals surface area (Å²) in [5.74, 6) is 1.99. The second-order valence-corrected chi connectivity index (χ2v) is 8.10. The van der Waals surface area contributed by atoms with Crippen molar-refractivity contribution < 1.29 is 14.3 Å². The molecule has 0 radical (unpaired) electrons. The van der Waals surface area contributed by atoms with Crippen LogP contribution in [0.15, 0.2) is 54.7 Å². The van der Waals surface area contributed by atoms with Crippen molar-refractivity contribution in [1.29, 1.82) is 0 Å². The Morgan fingerprint density at radius 2 is 1.87 bits per heavy atom. The Morgan fingerprint density at radius 3 is 2.57 bits per heavy atom. The number of carbonyl (C=O) groups excluding carboxylic acids is 1. The van der Waals surface area contributed by atoms with Crippen LogP contribution in [0.1, 0.15) is 24.3 Å². The van der Waals surface area contributed by atoms with Gasteiger partial charge in [-0.1, -0.05) is 25.1 Å². The molecule has 0 bridgehead atoms. The number of nitrogens with zero attached hydrogens (tertiary/aromatic N) is 3. The summed E-state index contributed by atoms with van der Waals surface area (Å²) in [5.41, 5.74) is 3.76. The summed E-state index contributed by atoms with van der Waals surface area (Å²) in [6.45, 7) is 2.83. The molecule has 0 spiro atoms. The lowest BCUT2D eigenvalue weighted by atomic mass is 10.1. The minimum absolute atomic E-state index is 0.0574. The number of amides is 1. The monoisotopic (exact) mass is 423 g/mol. The van der Waals surface area contributed by atoms with E-state index in [1.54, 1.807) is 26.0 Å². The molecule has 1 aromatic heterocycles. The van der Waals surface area contributed by atoms with E-state index in [0.717, 1.165) is 35.5 Å². The highest BCUT2D eigenvalue weighted by atomic mass is 32.2. The van der Waals surface area contributed by atoms with Crippen LogP contribution in [0.4, 0.5) is 0 Å². The van der Waals surface area contributed by atoms with Crippen molar-refractivity contribution >= 4 is 17.7 Å². The first-order chi connectivity index (χ1) is 14.7. The van der Waals surface area contributed by atoms with E-state index in [1.165, 1.54) is 0 Å². The maximum atomic E-state index is 12.5. The third kappa shape index (κ3) is 3.77. The molecule has 156 valence electrons. The van der Waals surface area contributed by atoms with E-state index < -0.39 is 0 Å². The number of benzene rings is 2. The van der Waals surface area contributed by atoms with Gasteiger partial charge in [-0.2, -0.15) is 5.10 Å². The third-order valence-corrected chi connectivity index (χ3v) is 6.36. The number of methoxy groups -OCH3 is 2. The van der Waals surface area contributed by atoms with Gasteiger partial charge in [-0.05, 0) is 36.8 Å². The summed E-state index contributed by atoms with van der Waals surface area (Å²) in [6, 6.07) is 15.8.